The summed E-state index contributed by atoms with van der Waals surface area (Å²) in [4.78, 5) is 25.1. The summed E-state index contributed by atoms with van der Waals surface area (Å²) in [5, 5.41) is 9.10. The van der Waals surface area contributed by atoms with Crippen molar-refractivity contribution in [2.24, 2.45) is 17.8 Å². The lowest BCUT2D eigenvalue weighted by molar-refractivity contribution is -0.150. The second kappa shape index (κ2) is 3.86. The molecule has 3 unspecified atom stereocenters. The van der Waals surface area contributed by atoms with Gasteiger partial charge in [-0.05, 0) is 37.5 Å². The molecule has 1 saturated heterocycles. The fourth-order valence-electron chi connectivity index (χ4n) is 3.56. The van der Waals surface area contributed by atoms with Crippen LogP contribution in [-0.2, 0) is 9.59 Å². The fraction of sp³-hybridized carbons (Fsp3) is 0.692. The van der Waals surface area contributed by atoms with Crippen LogP contribution in [0.15, 0.2) is 12.2 Å². The molecule has 1 heterocycles. The minimum Gasteiger partial charge on any atom is -0.480 e. The Morgan fingerprint density at radius 2 is 2.06 bits per heavy atom. The number of carboxylic acids is 1. The number of aliphatic carboxylic acids is 1. The van der Waals surface area contributed by atoms with Crippen LogP contribution in [-0.4, -0.2) is 34.5 Å². The summed E-state index contributed by atoms with van der Waals surface area (Å²) < 4.78 is 0. The lowest BCUT2D eigenvalue weighted by atomic mass is 9.92. The van der Waals surface area contributed by atoms with Crippen LogP contribution in [0.1, 0.15) is 25.7 Å². The van der Waals surface area contributed by atoms with Crippen molar-refractivity contribution in [3.63, 3.8) is 0 Å². The van der Waals surface area contributed by atoms with E-state index in [1.807, 2.05) is 0 Å². The van der Waals surface area contributed by atoms with E-state index in [-0.39, 0.29) is 11.8 Å². The minimum atomic E-state index is -0.852. The molecule has 1 saturated carbocycles. The zero-order chi connectivity index (χ0) is 12.0. The van der Waals surface area contributed by atoms with Crippen LogP contribution in [0.25, 0.3) is 0 Å². The van der Waals surface area contributed by atoms with Crippen LogP contribution in [0, 0.1) is 17.8 Å². The highest BCUT2D eigenvalue weighted by Crippen LogP contribution is 2.44. The SMILES string of the molecule is O=C(O)[C@H]1CCCN1C(=O)C1CC2C=CC1C2. The first-order valence-corrected chi connectivity index (χ1v) is 6.38. The smallest absolute Gasteiger partial charge is 0.326 e. The van der Waals surface area contributed by atoms with Gasteiger partial charge in [-0.25, -0.2) is 4.79 Å². The largest absolute Gasteiger partial charge is 0.480 e. The van der Waals surface area contributed by atoms with Crippen molar-refractivity contribution in [3.05, 3.63) is 12.2 Å². The monoisotopic (exact) mass is 235 g/mol. The highest BCUT2D eigenvalue weighted by atomic mass is 16.4. The van der Waals surface area contributed by atoms with Gasteiger partial charge in [0.1, 0.15) is 6.04 Å². The number of nitrogens with zero attached hydrogens (tertiary/aromatic N) is 1. The predicted octanol–water partition coefficient (Wildman–Crippen LogP) is 1.27. The number of carbonyl (C=O) groups excluding carboxylic acids is 1. The van der Waals surface area contributed by atoms with Crippen LogP contribution >= 0.6 is 0 Å². The van der Waals surface area contributed by atoms with Gasteiger partial charge in [-0.15, -0.1) is 0 Å². The molecule has 2 fully saturated rings. The molecule has 3 rings (SSSR count). The first kappa shape index (κ1) is 10.8. The Morgan fingerprint density at radius 3 is 2.65 bits per heavy atom. The van der Waals surface area contributed by atoms with E-state index in [2.05, 4.69) is 12.2 Å². The number of rotatable bonds is 2. The third kappa shape index (κ3) is 1.66. The van der Waals surface area contributed by atoms with E-state index in [0.717, 1.165) is 19.3 Å². The summed E-state index contributed by atoms with van der Waals surface area (Å²) in [6, 6.07) is -0.578. The molecule has 92 valence electrons. The number of hydrogen-bond donors (Lipinski definition) is 1. The van der Waals surface area contributed by atoms with E-state index in [4.69, 9.17) is 5.11 Å². The molecule has 0 aromatic rings. The zero-order valence-electron chi connectivity index (χ0n) is 9.71. The van der Waals surface area contributed by atoms with Crippen LogP contribution in [0.5, 0.6) is 0 Å². The topological polar surface area (TPSA) is 57.6 Å². The van der Waals surface area contributed by atoms with Crippen molar-refractivity contribution in [1.82, 2.24) is 4.90 Å². The van der Waals surface area contributed by atoms with Gasteiger partial charge < -0.3 is 10.0 Å². The number of hydrogen-bond acceptors (Lipinski definition) is 2. The number of likely N-dealkylation sites (tertiary alicyclic amines) is 1. The molecule has 17 heavy (non-hydrogen) atoms. The second-order valence-corrected chi connectivity index (χ2v) is 5.41. The second-order valence-electron chi connectivity index (χ2n) is 5.41. The van der Waals surface area contributed by atoms with Gasteiger partial charge in [0.25, 0.3) is 0 Å². The van der Waals surface area contributed by atoms with E-state index < -0.39 is 12.0 Å². The van der Waals surface area contributed by atoms with Gasteiger partial charge in [0.15, 0.2) is 0 Å². The first-order chi connectivity index (χ1) is 8.16. The first-order valence-electron chi connectivity index (χ1n) is 6.38. The molecule has 1 aliphatic heterocycles. The zero-order valence-corrected chi connectivity index (χ0v) is 9.71. The number of carboxylic acid groups (broad SMARTS) is 1. The van der Waals surface area contributed by atoms with Crippen molar-refractivity contribution in [3.8, 4) is 0 Å². The Morgan fingerprint density at radius 1 is 1.24 bits per heavy atom. The van der Waals surface area contributed by atoms with Gasteiger partial charge in [-0.2, -0.15) is 0 Å². The third-order valence-corrected chi connectivity index (χ3v) is 4.42. The van der Waals surface area contributed by atoms with E-state index in [1.54, 1.807) is 4.90 Å². The summed E-state index contributed by atoms with van der Waals surface area (Å²) in [6.45, 7) is 0.618. The van der Waals surface area contributed by atoms with Gasteiger partial charge in [-0.3, -0.25) is 4.79 Å². The summed E-state index contributed by atoms with van der Waals surface area (Å²) >= 11 is 0. The normalized spacial score (nSPS) is 38.9. The molecule has 4 atom stereocenters. The molecule has 4 nitrogen and oxygen atoms in total. The molecule has 1 N–H and O–H groups in total. The van der Waals surface area contributed by atoms with Crippen molar-refractivity contribution >= 4 is 11.9 Å². The maximum Gasteiger partial charge on any atom is 0.326 e. The Labute approximate surface area is 100 Å². The number of fused-ring (bicyclic) bond motifs is 2. The Balaban J connectivity index is 1.74. The van der Waals surface area contributed by atoms with Crippen LogP contribution in [0.3, 0.4) is 0 Å². The van der Waals surface area contributed by atoms with Gasteiger partial charge in [0.05, 0.1) is 0 Å². The van der Waals surface area contributed by atoms with Gasteiger partial charge in [0, 0.05) is 12.5 Å². The maximum absolute atomic E-state index is 12.4. The summed E-state index contributed by atoms with van der Waals surface area (Å²) in [5.74, 6) is 0.189. The van der Waals surface area contributed by atoms with Crippen molar-refractivity contribution in [2.45, 2.75) is 31.7 Å². The van der Waals surface area contributed by atoms with E-state index in [1.165, 1.54) is 0 Å². The molecule has 0 aromatic heterocycles. The number of allylic oxidation sites excluding steroid dienone is 2. The maximum atomic E-state index is 12.4. The highest BCUT2D eigenvalue weighted by molar-refractivity contribution is 5.86. The van der Waals surface area contributed by atoms with E-state index >= 15 is 0 Å². The minimum absolute atomic E-state index is 0.0462. The predicted molar refractivity (Wildman–Crippen MR) is 61.2 cm³/mol. The van der Waals surface area contributed by atoms with Gasteiger partial charge in [-0.1, -0.05) is 12.2 Å². The summed E-state index contributed by atoms with van der Waals surface area (Å²) in [7, 11) is 0. The van der Waals surface area contributed by atoms with Crippen molar-refractivity contribution < 1.29 is 14.7 Å². The molecule has 2 bridgehead atoms. The molecule has 3 aliphatic rings. The molecular formula is C13H17NO3. The quantitative estimate of drug-likeness (QED) is 0.733. The molecular weight excluding hydrogens is 218 g/mol. The van der Waals surface area contributed by atoms with Crippen LogP contribution < -0.4 is 0 Å². The number of carbonyl (C=O) groups is 2. The Kier molecular flexibility index (Phi) is 2.45. The average Bonchev–Trinajstić information content (AvgIpc) is 3.02. The van der Waals surface area contributed by atoms with E-state index in [9.17, 15) is 9.59 Å². The molecule has 2 aliphatic carbocycles. The van der Waals surface area contributed by atoms with Gasteiger partial charge in [0.2, 0.25) is 5.91 Å². The standard InChI is InChI=1S/C13H17NO3/c15-12(10-7-8-3-4-9(10)6-8)14-5-1-2-11(14)13(16)17/h3-4,8-11H,1-2,5-7H2,(H,16,17)/t8?,9?,10?,11-/m1/s1. The highest BCUT2D eigenvalue weighted by Gasteiger charge is 2.44. The number of amides is 1. The molecule has 1 amide bonds. The Hall–Kier alpha value is -1.32. The van der Waals surface area contributed by atoms with Crippen LogP contribution in [0.2, 0.25) is 0 Å². The molecule has 4 heteroatoms. The third-order valence-electron chi connectivity index (χ3n) is 4.42. The molecule has 0 aromatic carbocycles. The summed E-state index contributed by atoms with van der Waals surface area (Å²) in [6.07, 6.45) is 7.78. The summed E-state index contributed by atoms with van der Waals surface area (Å²) in [5.41, 5.74) is 0. The molecule has 0 radical (unpaired) electrons. The van der Waals surface area contributed by atoms with Crippen molar-refractivity contribution in [2.75, 3.05) is 6.54 Å². The Bertz CT molecular complexity index is 390. The van der Waals surface area contributed by atoms with Gasteiger partial charge >= 0.3 is 5.97 Å². The van der Waals surface area contributed by atoms with Crippen LogP contribution in [0.4, 0.5) is 0 Å². The molecule has 0 spiro atoms. The average molecular weight is 235 g/mol. The van der Waals surface area contributed by atoms with E-state index in [0.29, 0.717) is 24.8 Å². The lowest BCUT2D eigenvalue weighted by Crippen LogP contribution is -2.44. The lowest BCUT2D eigenvalue weighted by Gasteiger charge is -2.27. The fourth-order valence-corrected chi connectivity index (χ4v) is 3.56. The van der Waals surface area contributed by atoms with Crippen molar-refractivity contribution in [1.29, 1.82) is 0 Å².